The van der Waals surface area contributed by atoms with E-state index in [9.17, 15) is 20.1 Å². The van der Waals surface area contributed by atoms with E-state index in [1.807, 2.05) is 6.92 Å². The van der Waals surface area contributed by atoms with E-state index in [-0.39, 0.29) is 45.6 Å². The van der Waals surface area contributed by atoms with Gasteiger partial charge in [0, 0.05) is 5.41 Å². The van der Waals surface area contributed by atoms with E-state index in [4.69, 9.17) is 4.74 Å². The standard InChI is InChI=1S/C31H48O5/c1-26(2)11-12-30(25(35)36-6)10-8-21-27(3)9-7-20-28(4,15-19(33)24(34)29(20,5)17-32)22(27)13-18-14-31(18,21)23(30)16-26/h8,18-20,22-24,32-34H,7,9-17H2,1-6H3/t18-,19-,20-,22+,23-,24-,27+,28+,29-,30-,31-/m1/s1. The summed E-state index contributed by atoms with van der Waals surface area (Å²) in [5, 5.41) is 32.5. The molecule has 0 unspecified atom stereocenters. The van der Waals surface area contributed by atoms with Crippen molar-refractivity contribution in [2.45, 2.75) is 105 Å². The number of carbonyl (C=O) groups is 1. The second-order valence-electron chi connectivity index (χ2n) is 15.5. The Balaban J connectivity index is 1.45. The van der Waals surface area contributed by atoms with E-state index in [0.717, 1.165) is 44.9 Å². The predicted molar refractivity (Wildman–Crippen MR) is 138 cm³/mol. The molecule has 11 atom stereocenters. The highest BCUT2D eigenvalue weighted by molar-refractivity contribution is 5.79. The van der Waals surface area contributed by atoms with E-state index in [1.54, 1.807) is 12.7 Å². The van der Waals surface area contributed by atoms with Crippen LogP contribution in [-0.2, 0) is 9.53 Å². The van der Waals surface area contributed by atoms with Crippen LogP contribution in [-0.4, -0.2) is 47.2 Å². The molecule has 6 aliphatic rings. The second kappa shape index (κ2) is 7.39. The molecule has 0 aliphatic heterocycles. The van der Waals surface area contributed by atoms with Crippen molar-refractivity contribution in [3.63, 3.8) is 0 Å². The van der Waals surface area contributed by atoms with E-state index in [2.05, 4.69) is 33.8 Å². The van der Waals surface area contributed by atoms with Gasteiger partial charge < -0.3 is 20.1 Å². The summed E-state index contributed by atoms with van der Waals surface area (Å²) in [5.74, 6) is 1.51. The molecule has 5 nitrogen and oxygen atoms in total. The molecule has 0 amide bonds. The van der Waals surface area contributed by atoms with Crippen LogP contribution in [0.1, 0.15) is 92.4 Å². The molecule has 0 aromatic heterocycles. The van der Waals surface area contributed by atoms with Crippen LogP contribution in [0.4, 0.5) is 0 Å². The van der Waals surface area contributed by atoms with Gasteiger partial charge in [0.1, 0.15) is 0 Å². The third-order valence-electron chi connectivity index (χ3n) is 13.5. The first-order chi connectivity index (χ1) is 16.7. The summed E-state index contributed by atoms with van der Waals surface area (Å²) in [6.07, 6.45) is 9.59. The quantitative estimate of drug-likeness (QED) is 0.372. The summed E-state index contributed by atoms with van der Waals surface area (Å²) in [6, 6.07) is 0. The van der Waals surface area contributed by atoms with Crippen LogP contribution in [0.25, 0.3) is 0 Å². The summed E-state index contributed by atoms with van der Waals surface area (Å²) in [5.41, 5.74) is 0.797. The smallest absolute Gasteiger partial charge is 0.312 e. The van der Waals surface area contributed by atoms with E-state index < -0.39 is 17.6 Å². The highest BCUT2D eigenvalue weighted by Gasteiger charge is 2.77. The molecule has 0 bridgehead atoms. The number of rotatable bonds is 2. The monoisotopic (exact) mass is 500 g/mol. The van der Waals surface area contributed by atoms with Gasteiger partial charge in [-0.1, -0.05) is 46.3 Å². The molecule has 0 saturated heterocycles. The molecule has 5 saturated carbocycles. The summed E-state index contributed by atoms with van der Waals surface area (Å²) in [7, 11) is 1.57. The molecule has 3 N–H and O–H groups in total. The first-order valence-corrected chi connectivity index (χ1v) is 14.5. The molecule has 0 aromatic rings. The van der Waals surface area contributed by atoms with Crippen LogP contribution in [0.3, 0.4) is 0 Å². The Morgan fingerprint density at radius 3 is 2.39 bits per heavy atom. The Morgan fingerprint density at radius 2 is 1.72 bits per heavy atom. The van der Waals surface area contributed by atoms with Crippen molar-refractivity contribution in [1.82, 2.24) is 0 Å². The van der Waals surface area contributed by atoms with Gasteiger partial charge in [-0.05, 0) is 103 Å². The first kappa shape index (κ1) is 25.4. The molecule has 1 spiro atoms. The number of esters is 1. The van der Waals surface area contributed by atoms with Gasteiger partial charge >= 0.3 is 5.97 Å². The van der Waals surface area contributed by atoms with Gasteiger partial charge in [0.05, 0.1) is 31.3 Å². The molecular formula is C31H48O5. The summed E-state index contributed by atoms with van der Waals surface area (Å²) in [6.45, 7) is 11.5. The van der Waals surface area contributed by atoms with Crippen LogP contribution < -0.4 is 0 Å². The summed E-state index contributed by atoms with van der Waals surface area (Å²) in [4.78, 5) is 13.4. The molecule has 0 radical (unpaired) electrons. The van der Waals surface area contributed by atoms with Crippen molar-refractivity contribution >= 4 is 5.97 Å². The number of aliphatic hydroxyl groups excluding tert-OH is 3. The second-order valence-corrected chi connectivity index (χ2v) is 15.5. The zero-order valence-corrected chi connectivity index (χ0v) is 23.3. The Morgan fingerprint density at radius 1 is 1.00 bits per heavy atom. The number of fused-ring (bicyclic) bond motifs is 5. The maximum absolute atomic E-state index is 13.4. The molecule has 202 valence electrons. The number of carbonyl (C=O) groups excluding carboxylic acids is 1. The fraction of sp³-hybridized carbons (Fsp3) is 0.903. The Hall–Kier alpha value is -0.910. The predicted octanol–water partition coefficient (Wildman–Crippen LogP) is 4.88. The van der Waals surface area contributed by atoms with Crippen molar-refractivity contribution in [2.24, 2.45) is 56.2 Å². The average Bonchev–Trinajstić information content (AvgIpc) is 3.55. The SMILES string of the molecule is COC(=O)[C@@]12CC=C3[C@]4(C[C@H]4C[C@@H]4[C@@]5(C)C[C@@H](O)[C@@H](O)[C@](C)(CO)[C@@H]5CC[C@@]34C)[C@@H]1CC(C)(C)CC2. The maximum Gasteiger partial charge on any atom is 0.312 e. The van der Waals surface area contributed by atoms with Gasteiger partial charge in [-0.2, -0.15) is 0 Å². The number of methoxy groups -OCH3 is 1. The summed E-state index contributed by atoms with van der Waals surface area (Å²) >= 11 is 0. The molecular weight excluding hydrogens is 452 g/mol. The number of hydrogen-bond donors (Lipinski definition) is 3. The molecule has 5 heteroatoms. The van der Waals surface area contributed by atoms with Gasteiger partial charge in [-0.3, -0.25) is 4.79 Å². The largest absolute Gasteiger partial charge is 0.469 e. The Bertz CT molecular complexity index is 1000. The third-order valence-corrected chi connectivity index (χ3v) is 13.5. The van der Waals surface area contributed by atoms with Crippen LogP contribution in [0.2, 0.25) is 0 Å². The van der Waals surface area contributed by atoms with Crippen molar-refractivity contribution in [3.8, 4) is 0 Å². The fourth-order valence-electron chi connectivity index (χ4n) is 11.7. The van der Waals surface area contributed by atoms with Crippen molar-refractivity contribution in [1.29, 1.82) is 0 Å². The zero-order chi connectivity index (χ0) is 26.1. The Kier molecular flexibility index (Phi) is 5.21. The van der Waals surface area contributed by atoms with Crippen LogP contribution in [0, 0.1) is 56.2 Å². The minimum atomic E-state index is -0.882. The lowest BCUT2D eigenvalue weighted by atomic mass is 9.36. The zero-order valence-electron chi connectivity index (χ0n) is 23.3. The van der Waals surface area contributed by atoms with Crippen LogP contribution >= 0.6 is 0 Å². The lowest BCUT2D eigenvalue weighted by Crippen LogP contribution is -2.66. The highest BCUT2D eigenvalue weighted by atomic mass is 16.5. The molecule has 36 heavy (non-hydrogen) atoms. The van der Waals surface area contributed by atoms with Gasteiger partial charge in [0.2, 0.25) is 0 Å². The molecule has 6 rings (SSSR count). The lowest BCUT2D eigenvalue weighted by molar-refractivity contribution is -0.229. The minimum Gasteiger partial charge on any atom is -0.469 e. The maximum atomic E-state index is 13.4. The number of allylic oxidation sites excluding steroid dienone is 2. The van der Waals surface area contributed by atoms with Crippen molar-refractivity contribution < 1.29 is 24.9 Å². The van der Waals surface area contributed by atoms with Crippen molar-refractivity contribution in [3.05, 3.63) is 11.6 Å². The topological polar surface area (TPSA) is 87.0 Å². The average molecular weight is 501 g/mol. The van der Waals surface area contributed by atoms with E-state index >= 15 is 0 Å². The molecule has 0 heterocycles. The van der Waals surface area contributed by atoms with E-state index in [0.29, 0.717) is 24.2 Å². The molecule has 5 fully saturated rings. The van der Waals surface area contributed by atoms with Crippen LogP contribution in [0.5, 0.6) is 0 Å². The van der Waals surface area contributed by atoms with Crippen LogP contribution in [0.15, 0.2) is 11.6 Å². The minimum absolute atomic E-state index is 0.00405. The molecule has 6 aliphatic carbocycles. The highest BCUT2D eigenvalue weighted by Crippen LogP contribution is 2.83. The fourth-order valence-corrected chi connectivity index (χ4v) is 11.7. The lowest BCUT2D eigenvalue weighted by Gasteiger charge is -2.68. The first-order valence-electron chi connectivity index (χ1n) is 14.5. The Labute approximate surface area is 217 Å². The van der Waals surface area contributed by atoms with Crippen molar-refractivity contribution in [2.75, 3.05) is 13.7 Å². The molecule has 0 aromatic carbocycles. The van der Waals surface area contributed by atoms with E-state index in [1.165, 1.54) is 6.42 Å². The number of ether oxygens (including phenoxy) is 1. The normalized spacial score (nSPS) is 56.6. The van der Waals surface area contributed by atoms with Gasteiger partial charge in [-0.25, -0.2) is 0 Å². The van der Waals surface area contributed by atoms with Gasteiger partial charge in [0.15, 0.2) is 0 Å². The number of aliphatic hydroxyl groups is 3. The van der Waals surface area contributed by atoms with Gasteiger partial charge in [-0.15, -0.1) is 0 Å². The van der Waals surface area contributed by atoms with Gasteiger partial charge in [0.25, 0.3) is 0 Å². The number of hydrogen-bond acceptors (Lipinski definition) is 5. The third kappa shape index (κ3) is 2.81. The summed E-state index contributed by atoms with van der Waals surface area (Å²) < 4.78 is 5.49.